The van der Waals surface area contributed by atoms with Crippen LogP contribution in [0.1, 0.15) is 324 Å². The van der Waals surface area contributed by atoms with Gasteiger partial charge >= 0.3 is 71.1 Å². The monoisotopic (exact) mass is 1600 g/mol. The first kappa shape index (κ1) is 110. The van der Waals surface area contributed by atoms with E-state index in [2.05, 4.69) is 87.1 Å². The number of amides is 4. The molecule has 6 unspecified atom stereocenters. The van der Waals surface area contributed by atoms with Crippen LogP contribution in [-0.4, -0.2) is 171 Å². The molecule has 8 N–H and O–H groups in total. The van der Waals surface area contributed by atoms with Gasteiger partial charge in [0.2, 0.25) is 11.8 Å². The number of carbonyl (C=O) groups is 6. The van der Waals surface area contributed by atoms with E-state index in [9.17, 15) is 68.1 Å². The van der Waals surface area contributed by atoms with E-state index in [0.29, 0.717) is 51.4 Å². The molecule has 0 radical (unpaired) electrons. The zero-order chi connectivity index (χ0) is 78.6. The standard InChI is InChI=1S/C78H148N4O22P2.2Na/c1-7-13-19-25-27-29-31-37-43-49-73(87)103-69(47-41-35-23-17-11-5)59-71(85)81-65(61-97-55-51-67(83)45-39-33-21-15-9-3)63-101-105(93,94)99-57-53-79-77(91)75(89)76(90)78(92)80-54-58-100-106(95,96)102-64-66(62-98-56-52-68(84)46-40-34-22-16-10-4)82-72(86)60-70(48-42-36-24-18-12-6)104-74(88)50-44-38-32-30-28-26-20-14-8-2;;/h29-32,65-70,75-76,83-84,89-90H,7-28,33-64H2,1-6H3,(H,79,91)(H,80,92)(H,81,85)(H,82,86)(H,93,94)(H,95,96);;/q;2*+1/p-2/b31-29-,32-30-;;/t65?,66?,67?,68?,69-,70-,75-,76-;;/m1../s1. The van der Waals surface area contributed by atoms with Gasteiger partial charge in [0.15, 0.2) is 12.2 Å². The Morgan fingerprint density at radius 1 is 0.370 bits per heavy atom. The van der Waals surface area contributed by atoms with Gasteiger partial charge in [-0.3, -0.25) is 37.9 Å². The molecule has 30 heteroatoms. The smallest absolute Gasteiger partial charge is 0.756 e. The molecule has 0 spiro atoms. The quantitative estimate of drug-likeness (QED) is 0.0101. The summed E-state index contributed by atoms with van der Waals surface area (Å²) in [4.78, 5) is 105. The predicted octanol–water partition coefficient (Wildman–Crippen LogP) is 6.90. The van der Waals surface area contributed by atoms with Crippen LogP contribution in [-0.2, 0) is 74.9 Å². The van der Waals surface area contributed by atoms with Crippen molar-refractivity contribution in [3.8, 4) is 0 Å². The second kappa shape index (κ2) is 76.6. The fourth-order valence-corrected chi connectivity index (χ4v) is 12.9. The van der Waals surface area contributed by atoms with Gasteiger partial charge in [-0.15, -0.1) is 0 Å². The molecule has 0 aromatic rings. The van der Waals surface area contributed by atoms with E-state index in [4.69, 9.17) is 37.0 Å². The number of ether oxygens (including phenoxy) is 4. The zero-order valence-corrected chi connectivity index (χ0v) is 73.9. The van der Waals surface area contributed by atoms with Gasteiger partial charge in [0.05, 0.1) is 76.8 Å². The maximum atomic E-state index is 13.6. The van der Waals surface area contributed by atoms with Crippen LogP contribution in [0.25, 0.3) is 0 Å². The zero-order valence-electron chi connectivity index (χ0n) is 68.1. The van der Waals surface area contributed by atoms with Crippen molar-refractivity contribution in [2.75, 3.05) is 65.9 Å². The molecule has 0 heterocycles. The number of rotatable bonds is 77. The van der Waals surface area contributed by atoms with Gasteiger partial charge in [-0.25, -0.2) is 0 Å². The number of aliphatic hydroxyl groups is 4. The first-order valence-electron chi connectivity index (χ1n) is 41.0. The fourth-order valence-electron chi connectivity index (χ4n) is 11.4. The molecule has 0 aliphatic rings. The Hall–Kier alpha value is -1.72. The van der Waals surface area contributed by atoms with Crippen LogP contribution in [0.4, 0.5) is 0 Å². The van der Waals surface area contributed by atoms with Crippen molar-refractivity contribution in [3.05, 3.63) is 24.3 Å². The number of phosphoric ester groups is 2. The van der Waals surface area contributed by atoms with Crippen molar-refractivity contribution in [3.63, 3.8) is 0 Å². The van der Waals surface area contributed by atoms with Crippen molar-refractivity contribution in [1.82, 2.24) is 21.3 Å². The number of hydrogen-bond acceptors (Lipinski definition) is 22. The molecular weight excluding hydrogens is 1450 g/mol. The number of aliphatic hydroxyl groups excluding tert-OH is 4. The second-order valence-electron chi connectivity index (χ2n) is 28.1. The molecule has 0 aliphatic carbocycles. The Morgan fingerprint density at radius 2 is 0.667 bits per heavy atom. The van der Waals surface area contributed by atoms with E-state index in [1.54, 1.807) is 0 Å². The number of esters is 2. The summed E-state index contributed by atoms with van der Waals surface area (Å²) in [7, 11) is -10.3. The van der Waals surface area contributed by atoms with Crippen molar-refractivity contribution in [2.24, 2.45) is 0 Å². The number of phosphoric acid groups is 2. The van der Waals surface area contributed by atoms with Crippen molar-refractivity contribution in [1.29, 1.82) is 0 Å². The third-order valence-corrected chi connectivity index (χ3v) is 19.7. The molecule has 0 fully saturated rings. The van der Waals surface area contributed by atoms with Gasteiger partial charge in [0, 0.05) is 39.1 Å². The Bertz CT molecular complexity index is 2200. The maximum absolute atomic E-state index is 13.6. The number of carbonyl (C=O) groups excluding carboxylic acids is 6. The fraction of sp³-hybridized carbons (Fsp3) is 0.872. The second-order valence-corrected chi connectivity index (χ2v) is 30.9. The minimum Gasteiger partial charge on any atom is -0.756 e. The molecular formula is C78H146N4Na2O22P2. The summed E-state index contributed by atoms with van der Waals surface area (Å²) in [5.74, 6) is -4.55. The summed E-state index contributed by atoms with van der Waals surface area (Å²) in [5.41, 5.74) is 0. The van der Waals surface area contributed by atoms with Gasteiger partial charge in [0.1, 0.15) is 12.2 Å². The molecule has 0 aliphatic heterocycles. The summed E-state index contributed by atoms with van der Waals surface area (Å²) < 4.78 is 69.5. The molecule has 622 valence electrons. The van der Waals surface area contributed by atoms with Crippen LogP contribution in [0.5, 0.6) is 0 Å². The minimum absolute atomic E-state index is 0. The van der Waals surface area contributed by atoms with Gasteiger partial charge in [0.25, 0.3) is 27.5 Å². The molecule has 0 aromatic heterocycles. The maximum Gasteiger partial charge on any atom is 1.00 e. The molecule has 0 bridgehead atoms. The van der Waals surface area contributed by atoms with Crippen LogP contribution in [0, 0.1) is 0 Å². The van der Waals surface area contributed by atoms with Crippen molar-refractivity contribution in [2.45, 2.75) is 373 Å². The van der Waals surface area contributed by atoms with Crippen LogP contribution < -0.4 is 90.2 Å². The molecule has 4 amide bonds. The number of nitrogens with one attached hydrogen (secondary N) is 4. The number of hydrogen-bond donors (Lipinski definition) is 8. The number of unbranched alkanes of at least 4 members (excludes halogenated alkanes) is 26. The van der Waals surface area contributed by atoms with Crippen LogP contribution in [0.15, 0.2) is 24.3 Å². The van der Waals surface area contributed by atoms with Crippen molar-refractivity contribution < 1.29 is 164 Å². The normalized spacial score (nSPS) is 15.0. The summed E-state index contributed by atoms with van der Waals surface area (Å²) >= 11 is 0. The molecule has 0 saturated heterocycles. The van der Waals surface area contributed by atoms with Crippen LogP contribution in [0.2, 0.25) is 0 Å². The topological polar surface area (TPSA) is 386 Å². The van der Waals surface area contributed by atoms with E-state index in [1.807, 2.05) is 0 Å². The minimum atomic E-state index is -5.17. The van der Waals surface area contributed by atoms with E-state index in [1.165, 1.54) is 38.5 Å². The Kier molecular flexibility index (Phi) is 78.3. The van der Waals surface area contributed by atoms with E-state index in [0.717, 1.165) is 167 Å². The molecule has 0 saturated carbocycles. The molecule has 0 aromatic carbocycles. The van der Waals surface area contributed by atoms with Gasteiger partial charge in [-0.2, -0.15) is 0 Å². The van der Waals surface area contributed by atoms with E-state index < -0.39 is 139 Å². The summed E-state index contributed by atoms with van der Waals surface area (Å²) in [6, 6.07) is -2.11. The van der Waals surface area contributed by atoms with Gasteiger partial charge in [-0.1, -0.05) is 220 Å². The SMILES string of the molecule is CCCCCC/C=C\CCCC(=O)O[C@H](CCCCCCC)CC(=O)NC(COCCC(O)CCCCCCC)COP(=O)([O-])OCCNC(=O)[C@H](O)[C@@H](O)C(=O)NCCOP(=O)([O-])OCC(COCCC(O)CCCCCCC)NC(=O)C[C@@H](CCCCCCC)OC(=O)CCC/C=C\CCCCCC.[Na+].[Na+]. The average molecular weight is 1600 g/mol. The third-order valence-electron chi connectivity index (χ3n) is 17.8. The van der Waals surface area contributed by atoms with E-state index >= 15 is 0 Å². The van der Waals surface area contributed by atoms with Crippen LogP contribution >= 0.6 is 15.6 Å². The third kappa shape index (κ3) is 69.8. The molecule has 0 rings (SSSR count). The van der Waals surface area contributed by atoms with Gasteiger partial charge in [-0.05, 0) is 103 Å². The Labute approximate surface area is 694 Å². The molecule has 26 nitrogen and oxygen atoms in total. The first-order chi connectivity index (χ1) is 51.0. The average Bonchev–Trinajstić information content (AvgIpc) is 0.900. The summed E-state index contributed by atoms with van der Waals surface area (Å²) in [6.45, 7) is 8.61. The largest absolute Gasteiger partial charge is 1.00 e. The Balaban J connectivity index is -0.0000551. The summed E-state index contributed by atoms with van der Waals surface area (Å²) in [6.07, 6.45) is 37.2. The molecule has 10 atom stereocenters. The van der Waals surface area contributed by atoms with Crippen LogP contribution in [0.3, 0.4) is 0 Å². The molecule has 108 heavy (non-hydrogen) atoms. The predicted molar refractivity (Wildman–Crippen MR) is 410 cm³/mol. The number of allylic oxidation sites excluding steroid dienone is 4. The Morgan fingerprint density at radius 3 is 0.991 bits per heavy atom. The summed E-state index contributed by atoms with van der Waals surface area (Å²) in [5, 5.41) is 52.0. The van der Waals surface area contributed by atoms with E-state index in [-0.39, 0.29) is 111 Å². The van der Waals surface area contributed by atoms with Crippen molar-refractivity contribution >= 4 is 51.2 Å². The first-order valence-corrected chi connectivity index (χ1v) is 43.9. The van der Waals surface area contributed by atoms with Gasteiger partial charge < -0.3 is 88.5 Å².